The van der Waals surface area contributed by atoms with Crippen molar-refractivity contribution in [3.63, 3.8) is 0 Å². The minimum atomic E-state index is -0.312. The molecule has 1 atom stereocenters. The van der Waals surface area contributed by atoms with Gasteiger partial charge in [0.25, 0.3) is 0 Å². The Bertz CT molecular complexity index is 380. The number of aromatic nitrogens is 2. The highest BCUT2D eigenvalue weighted by Crippen LogP contribution is 2.26. The Hall–Kier alpha value is -0.350. The summed E-state index contributed by atoms with van der Waals surface area (Å²) in [6.07, 6.45) is 1.15. The number of rotatable bonds is 4. The Morgan fingerprint density at radius 3 is 2.47 bits per heavy atom. The normalized spacial score (nSPS) is 14.1. The van der Waals surface area contributed by atoms with Crippen LogP contribution in [-0.4, -0.2) is 21.0 Å². The fraction of sp³-hybridized carbons (Fsp3) is 0.769. The van der Waals surface area contributed by atoms with Gasteiger partial charge in [0.1, 0.15) is 0 Å². The Labute approximate surface area is 112 Å². The summed E-state index contributed by atoms with van der Waals surface area (Å²) < 4.78 is 3.00. The molecule has 0 bridgehead atoms. The molecule has 0 amide bonds. The third-order valence-electron chi connectivity index (χ3n) is 2.73. The highest BCUT2D eigenvalue weighted by atomic mass is 79.9. The molecule has 0 spiro atoms. The fourth-order valence-electron chi connectivity index (χ4n) is 2.07. The molecule has 1 unspecified atom stereocenters. The molecule has 17 heavy (non-hydrogen) atoms. The summed E-state index contributed by atoms with van der Waals surface area (Å²) in [5, 5.41) is 14.6. The van der Waals surface area contributed by atoms with E-state index in [0.29, 0.717) is 6.42 Å². The molecule has 1 heterocycles. The summed E-state index contributed by atoms with van der Waals surface area (Å²) in [5.41, 5.74) is 2.24. The smallest absolute Gasteiger partial charge is 0.0738 e. The molecule has 0 aliphatic rings. The average molecular weight is 303 g/mol. The number of halogens is 1. The van der Waals surface area contributed by atoms with Crippen LogP contribution in [-0.2, 0) is 13.0 Å². The summed E-state index contributed by atoms with van der Waals surface area (Å²) in [7, 11) is 0. The number of nitrogens with zero attached hydrogens (tertiary/aromatic N) is 2. The molecule has 1 aromatic rings. The van der Waals surface area contributed by atoms with Crippen LogP contribution in [0.2, 0.25) is 0 Å². The summed E-state index contributed by atoms with van der Waals surface area (Å²) >= 11 is 3.56. The third-order valence-corrected chi connectivity index (χ3v) is 3.76. The first-order valence-electron chi connectivity index (χ1n) is 6.14. The Balaban J connectivity index is 2.80. The zero-order valence-corrected chi connectivity index (χ0v) is 13.0. The highest BCUT2D eigenvalue weighted by Gasteiger charge is 2.20. The van der Waals surface area contributed by atoms with Crippen LogP contribution in [0.25, 0.3) is 0 Å². The van der Waals surface area contributed by atoms with Gasteiger partial charge in [0.2, 0.25) is 0 Å². The second-order valence-electron chi connectivity index (χ2n) is 5.78. The molecule has 98 valence electrons. The number of aliphatic hydroxyl groups is 1. The maximum absolute atomic E-state index is 10.1. The molecule has 0 fully saturated rings. The van der Waals surface area contributed by atoms with E-state index in [4.69, 9.17) is 0 Å². The van der Waals surface area contributed by atoms with Gasteiger partial charge in [-0.2, -0.15) is 5.10 Å². The molecule has 1 aromatic heterocycles. The maximum Gasteiger partial charge on any atom is 0.0738 e. The van der Waals surface area contributed by atoms with Crippen LogP contribution >= 0.6 is 15.9 Å². The van der Waals surface area contributed by atoms with E-state index in [2.05, 4.69) is 48.7 Å². The van der Waals surface area contributed by atoms with Gasteiger partial charge in [-0.1, -0.05) is 20.8 Å². The van der Waals surface area contributed by atoms with Crippen molar-refractivity contribution < 1.29 is 5.11 Å². The average Bonchev–Trinajstić information content (AvgIpc) is 2.42. The molecule has 0 aromatic carbocycles. The summed E-state index contributed by atoms with van der Waals surface area (Å²) in [4.78, 5) is 0. The van der Waals surface area contributed by atoms with Crippen molar-refractivity contribution in [2.75, 3.05) is 0 Å². The fourth-order valence-corrected chi connectivity index (χ4v) is 2.51. The minimum absolute atomic E-state index is 0.151. The molecule has 3 nitrogen and oxygen atoms in total. The zero-order chi connectivity index (χ0) is 13.2. The lowest BCUT2D eigenvalue weighted by molar-refractivity contribution is 0.119. The van der Waals surface area contributed by atoms with E-state index < -0.39 is 0 Å². The Morgan fingerprint density at radius 2 is 2.00 bits per heavy atom. The van der Waals surface area contributed by atoms with E-state index in [1.54, 1.807) is 0 Å². The zero-order valence-electron chi connectivity index (χ0n) is 11.4. The van der Waals surface area contributed by atoms with Gasteiger partial charge >= 0.3 is 0 Å². The molecule has 0 saturated heterocycles. The Kier molecular flexibility index (Phi) is 4.78. The van der Waals surface area contributed by atoms with Gasteiger partial charge in [-0.25, -0.2) is 0 Å². The Morgan fingerprint density at radius 1 is 1.41 bits per heavy atom. The molecule has 1 rings (SSSR count). The van der Waals surface area contributed by atoms with Crippen molar-refractivity contribution in [2.24, 2.45) is 5.41 Å². The van der Waals surface area contributed by atoms with E-state index >= 15 is 0 Å². The first kappa shape index (κ1) is 14.7. The van der Waals surface area contributed by atoms with Crippen LogP contribution in [0.1, 0.15) is 45.5 Å². The van der Waals surface area contributed by atoms with Crippen LogP contribution in [0.3, 0.4) is 0 Å². The van der Waals surface area contributed by atoms with Gasteiger partial charge in [-0.15, -0.1) is 0 Å². The lowest BCUT2D eigenvalue weighted by Gasteiger charge is -2.22. The largest absolute Gasteiger partial charge is 0.393 e. The predicted molar refractivity (Wildman–Crippen MR) is 74.1 cm³/mol. The first-order valence-corrected chi connectivity index (χ1v) is 6.93. The SMILES string of the molecule is CCn1nc(C)c(Br)c1CC(O)CC(C)(C)C. The molecule has 0 aliphatic heterocycles. The number of aliphatic hydroxyl groups excluding tert-OH is 1. The second kappa shape index (κ2) is 5.53. The van der Waals surface area contributed by atoms with Crippen molar-refractivity contribution >= 4 is 15.9 Å². The van der Waals surface area contributed by atoms with Gasteiger partial charge < -0.3 is 5.11 Å². The number of hydrogen-bond donors (Lipinski definition) is 1. The maximum atomic E-state index is 10.1. The third kappa shape index (κ3) is 4.11. The molecule has 1 N–H and O–H groups in total. The monoisotopic (exact) mass is 302 g/mol. The van der Waals surface area contributed by atoms with Crippen LogP contribution in [0.4, 0.5) is 0 Å². The number of aryl methyl sites for hydroxylation is 2. The molecule has 0 aliphatic carbocycles. The molecule has 0 radical (unpaired) electrons. The van der Waals surface area contributed by atoms with Gasteiger partial charge in [0.05, 0.1) is 22.0 Å². The van der Waals surface area contributed by atoms with E-state index in [1.165, 1.54) is 0 Å². The van der Waals surface area contributed by atoms with Crippen LogP contribution in [0, 0.1) is 12.3 Å². The van der Waals surface area contributed by atoms with Crippen molar-refractivity contribution in [3.8, 4) is 0 Å². The predicted octanol–water partition coefficient (Wildman–Crippen LogP) is 3.31. The van der Waals surface area contributed by atoms with Crippen molar-refractivity contribution in [1.82, 2.24) is 9.78 Å². The van der Waals surface area contributed by atoms with Crippen molar-refractivity contribution in [1.29, 1.82) is 0 Å². The quantitative estimate of drug-likeness (QED) is 0.926. The molecule has 0 saturated carbocycles. The van der Waals surface area contributed by atoms with Gasteiger partial charge in [-0.3, -0.25) is 4.68 Å². The summed E-state index contributed by atoms with van der Waals surface area (Å²) in [6.45, 7) is 11.3. The highest BCUT2D eigenvalue weighted by molar-refractivity contribution is 9.10. The van der Waals surface area contributed by atoms with Crippen LogP contribution in [0.5, 0.6) is 0 Å². The standard InChI is InChI=1S/C13H23BrN2O/c1-6-16-11(12(14)9(2)15-16)7-10(17)8-13(3,4)5/h10,17H,6-8H2,1-5H3. The molecule has 4 heteroatoms. The van der Waals surface area contributed by atoms with Crippen LogP contribution < -0.4 is 0 Å². The van der Waals surface area contributed by atoms with Crippen molar-refractivity contribution in [2.45, 2.75) is 60.1 Å². The molecular weight excluding hydrogens is 280 g/mol. The van der Waals surface area contributed by atoms with E-state index in [9.17, 15) is 5.11 Å². The van der Waals surface area contributed by atoms with Gasteiger partial charge in [-0.05, 0) is 41.6 Å². The lowest BCUT2D eigenvalue weighted by Crippen LogP contribution is -2.21. The summed E-state index contributed by atoms with van der Waals surface area (Å²) in [5.74, 6) is 0. The minimum Gasteiger partial charge on any atom is -0.393 e. The molecular formula is C13H23BrN2O. The topological polar surface area (TPSA) is 38.0 Å². The van der Waals surface area contributed by atoms with E-state index in [-0.39, 0.29) is 11.5 Å². The lowest BCUT2D eigenvalue weighted by atomic mass is 9.88. The number of hydrogen-bond acceptors (Lipinski definition) is 2. The van der Waals surface area contributed by atoms with Gasteiger partial charge in [0.15, 0.2) is 0 Å². The van der Waals surface area contributed by atoms with E-state index in [1.807, 2.05) is 11.6 Å². The second-order valence-corrected chi connectivity index (χ2v) is 6.58. The van der Waals surface area contributed by atoms with Crippen LogP contribution in [0.15, 0.2) is 4.47 Å². The summed E-state index contributed by atoms with van der Waals surface area (Å²) in [6, 6.07) is 0. The van der Waals surface area contributed by atoms with Crippen molar-refractivity contribution in [3.05, 3.63) is 15.9 Å². The first-order chi connectivity index (χ1) is 7.74. The van der Waals surface area contributed by atoms with Gasteiger partial charge in [0, 0.05) is 13.0 Å². The van der Waals surface area contributed by atoms with E-state index in [0.717, 1.165) is 28.8 Å².